The lowest BCUT2D eigenvalue weighted by Crippen LogP contribution is -2.58. The summed E-state index contributed by atoms with van der Waals surface area (Å²) >= 11 is 0. The normalized spacial score (nSPS) is 17.0. The first-order valence-corrected chi connectivity index (χ1v) is 6.52. The predicted molar refractivity (Wildman–Crippen MR) is 70.5 cm³/mol. The molecule has 0 unspecified atom stereocenters. The summed E-state index contributed by atoms with van der Waals surface area (Å²) in [5.74, 6) is -1.69. The van der Waals surface area contributed by atoms with Crippen LogP contribution in [0.2, 0.25) is 0 Å². The number of carboxylic acid groups (broad SMARTS) is 1. The number of hydrogen-bond donors (Lipinski definition) is 2. The second-order valence-electron chi connectivity index (χ2n) is 4.79. The lowest BCUT2D eigenvalue weighted by Gasteiger charge is -2.33. The van der Waals surface area contributed by atoms with Crippen molar-refractivity contribution in [2.24, 2.45) is 0 Å². The second kappa shape index (κ2) is 6.53. The van der Waals surface area contributed by atoms with Crippen molar-refractivity contribution in [3.8, 4) is 5.75 Å². The lowest BCUT2D eigenvalue weighted by molar-refractivity contribution is -0.152. The van der Waals surface area contributed by atoms with E-state index >= 15 is 0 Å². The average molecular weight is 297 g/mol. The Hall–Kier alpha value is -2.15. The van der Waals surface area contributed by atoms with Gasteiger partial charge in [0.05, 0.1) is 0 Å². The van der Waals surface area contributed by atoms with E-state index in [-0.39, 0.29) is 32.7 Å². The summed E-state index contributed by atoms with van der Waals surface area (Å²) in [5.41, 5.74) is -1.30. The number of aliphatic carboxylic acids is 1. The van der Waals surface area contributed by atoms with Gasteiger partial charge in [0.15, 0.2) is 6.61 Å². The van der Waals surface area contributed by atoms with E-state index in [9.17, 15) is 19.1 Å². The minimum absolute atomic E-state index is 0.213. The van der Waals surface area contributed by atoms with Gasteiger partial charge in [0.2, 0.25) is 0 Å². The molecule has 0 saturated carbocycles. The Labute approximate surface area is 120 Å². The quantitative estimate of drug-likeness (QED) is 0.845. The molecule has 0 aromatic heterocycles. The van der Waals surface area contributed by atoms with E-state index in [1.807, 2.05) is 0 Å². The molecule has 1 aromatic rings. The van der Waals surface area contributed by atoms with E-state index in [0.717, 1.165) is 0 Å². The zero-order valence-electron chi connectivity index (χ0n) is 11.3. The van der Waals surface area contributed by atoms with Crippen molar-refractivity contribution in [2.45, 2.75) is 18.4 Å². The molecule has 1 aliphatic rings. The lowest BCUT2D eigenvalue weighted by atomic mass is 9.90. The molecule has 0 aliphatic carbocycles. The van der Waals surface area contributed by atoms with Gasteiger partial charge >= 0.3 is 5.97 Å². The maximum absolute atomic E-state index is 12.7. The van der Waals surface area contributed by atoms with E-state index < -0.39 is 23.2 Å². The third kappa shape index (κ3) is 3.91. The van der Waals surface area contributed by atoms with Crippen molar-refractivity contribution in [2.75, 3.05) is 19.8 Å². The molecule has 1 heterocycles. The molecule has 1 aromatic carbocycles. The molecular weight excluding hydrogens is 281 g/mol. The zero-order valence-corrected chi connectivity index (χ0v) is 11.3. The SMILES string of the molecule is O=C(COc1ccc(F)cc1)NC1(C(=O)O)CCOCC1. The van der Waals surface area contributed by atoms with Crippen LogP contribution in [-0.4, -0.2) is 42.3 Å². The molecule has 0 radical (unpaired) electrons. The summed E-state index contributed by atoms with van der Waals surface area (Å²) in [6.45, 7) is 0.234. The van der Waals surface area contributed by atoms with Gasteiger partial charge in [0, 0.05) is 26.1 Å². The summed E-state index contributed by atoms with van der Waals surface area (Å²) in [5, 5.41) is 11.8. The number of carbonyl (C=O) groups is 2. The number of carbonyl (C=O) groups excluding carboxylic acids is 1. The van der Waals surface area contributed by atoms with Crippen LogP contribution >= 0.6 is 0 Å². The molecule has 0 atom stereocenters. The molecule has 114 valence electrons. The highest BCUT2D eigenvalue weighted by molar-refractivity contribution is 5.87. The molecule has 6 nitrogen and oxygen atoms in total. The number of nitrogens with one attached hydrogen (secondary N) is 1. The van der Waals surface area contributed by atoms with E-state index in [1.165, 1.54) is 24.3 Å². The van der Waals surface area contributed by atoms with Gasteiger partial charge in [-0.05, 0) is 24.3 Å². The molecule has 7 heteroatoms. The van der Waals surface area contributed by atoms with Crippen molar-refractivity contribution >= 4 is 11.9 Å². The van der Waals surface area contributed by atoms with Gasteiger partial charge in [-0.1, -0.05) is 0 Å². The Bertz CT molecular complexity index is 511. The van der Waals surface area contributed by atoms with Crippen LogP contribution in [0.3, 0.4) is 0 Å². The first kappa shape index (κ1) is 15.2. The highest BCUT2D eigenvalue weighted by Gasteiger charge is 2.41. The monoisotopic (exact) mass is 297 g/mol. The average Bonchev–Trinajstić information content (AvgIpc) is 2.47. The summed E-state index contributed by atoms with van der Waals surface area (Å²) in [6.07, 6.45) is 0.426. The highest BCUT2D eigenvalue weighted by Crippen LogP contribution is 2.21. The maximum atomic E-state index is 12.7. The molecule has 0 bridgehead atoms. The van der Waals surface area contributed by atoms with Crippen LogP contribution in [-0.2, 0) is 14.3 Å². The van der Waals surface area contributed by atoms with Crippen LogP contribution in [0.15, 0.2) is 24.3 Å². The summed E-state index contributed by atoms with van der Waals surface area (Å²) in [4.78, 5) is 23.2. The largest absolute Gasteiger partial charge is 0.484 e. The Morgan fingerprint density at radius 1 is 1.29 bits per heavy atom. The first-order valence-electron chi connectivity index (χ1n) is 6.52. The zero-order chi connectivity index (χ0) is 15.3. The van der Waals surface area contributed by atoms with Gasteiger partial charge in [0.1, 0.15) is 17.1 Å². The number of hydrogen-bond acceptors (Lipinski definition) is 4. The van der Waals surface area contributed by atoms with Crippen molar-refractivity contribution in [1.29, 1.82) is 0 Å². The fourth-order valence-corrected chi connectivity index (χ4v) is 2.09. The van der Waals surface area contributed by atoms with Crippen LogP contribution in [0.25, 0.3) is 0 Å². The Kier molecular flexibility index (Phi) is 4.74. The smallest absolute Gasteiger partial charge is 0.329 e. The molecule has 0 spiro atoms. The predicted octanol–water partition coefficient (Wildman–Crippen LogP) is 0.954. The molecule has 1 aliphatic heterocycles. The number of benzene rings is 1. The maximum Gasteiger partial charge on any atom is 0.329 e. The van der Waals surface area contributed by atoms with E-state index in [2.05, 4.69) is 5.32 Å². The van der Waals surface area contributed by atoms with Crippen LogP contribution in [0.5, 0.6) is 5.75 Å². The third-order valence-electron chi connectivity index (χ3n) is 3.32. The van der Waals surface area contributed by atoms with Crippen molar-refractivity contribution in [1.82, 2.24) is 5.32 Å². The van der Waals surface area contributed by atoms with Crippen molar-refractivity contribution in [3.05, 3.63) is 30.1 Å². The number of rotatable bonds is 5. The van der Waals surface area contributed by atoms with Crippen LogP contribution in [0.4, 0.5) is 4.39 Å². The molecule has 1 fully saturated rings. The summed E-state index contributed by atoms with van der Waals surface area (Å²) in [6, 6.07) is 5.21. The third-order valence-corrected chi connectivity index (χ3v) is 3.32. The van der Waals surface area contributed by atoms with Crippen molar-refractivity contribution in [3.63, 3.8) is 0 Å². The van der Waals surface area contributed by atoms with Gasteiger partial charge in [0.25, 0.3) is 5.91 Å². The summed E-state index contributed by atoms with van der Waals surface area (Å²) in [7, 11) is 0. The molecule has 1 amide bonds. The molecular formula is C14H16FNO5. The van der Waals surface area contributed by atoms with Crippen LogP contribution in [0, 0.1) is 5.82 Å². The topological polar surface area (TPSA) is 84.9 Å². The molecule has 2 N–H and O–H groups in total. The number of halogens is 1. The Balaban J connectivity index is 1.90. The van der Waals surface area contributed by atoms with Gasteiger partial charge in [-0.25, -0.2) is 9.18 Å². The molecule has 21 heavy (non-hydrogen) atoms. The van der Waals surface area contributed by atoms with Crippen molar-refractivity contribution < 1.29 is 28.6 Å². The van der Waals surface area contributed by atoms with E-state index in [0.29, 0.717) is 5.75 Å². The molecule has 1 saturated heterocycles. The fraction of sp³-hybridized carbons (Fsp3) is 0.429. The van der Waals surface area contributed by atoms with Gasteiger partial charge in [-0.15, -0.1) is 0 Å². The number of amides is 1. The minimum Gasteiger partial charge on any atom is -0.484 e. The molecule has 2 rings (SSSR count). The number of ether oxygens (including phenoxy) is 2. The minimum atomic E-state index is -1.30. The summed E-state index contributed by atoms with van der Waals surface area (Å²) < 4.78 is 23.0. The van der Waals surface area contributed by atoms with Gasteiger partial charge < -0.3 is 19.9 Å². The standard InChI is InChI=1S/C14H16FNO5/c15-10-1-3-11(4-2-10)21-9-12(17)16-14(13(18)19)5-7-20-8-6-14/h1-4H,5-9H2,(H,16,17)(H,18,19). The Morgan fingerprint density at radius 2 is 1.90 bits per heavy atom. The highest BCUT2D eigenvalue weighted by atomic mass is 19.1. The number of carboxylic acids is 1. The second-order valence-corrected chi connectivity index (χ2v) is 4.79. The Morgan fingerprint density at radius 3 is 2.48 bits per heavy atom. The fourth-order valence-electron chi connectivity index (χ4n) is 2.09. The van der Waals surface area contributed by atoms with Crippen LogP contribution in [0.1, 0.15) is 12.8 Å². The first-order chi connectivity index (χ1) is 10.0. The van der Waals surface area contributed by atoms with Gasteiger partial charge in [-0.3, -0.25) is 4.79 Å². The van der Waals surface area contributed by atoms with E-state index in [4.69, 9.17) is 9.47 Å². The van der Waals surface area contributed by atoms with E-state index in [1.54, 1.807) is 0 Å². The van der Waals surface area contributed by atoms with Gasteiger partial charge in [-0.2, -0.15) is 0 Å². The van der Waals surface area contributed by atoms with Crippen LogP contribution < -0.4 is 10.1 Å².